The number of nitrogens with zero attached hydrogens (tertiary/aromatic N) is 4. The Hall–Kier alpha value is -2.73. The molecule has 1 saturated heterocycles. The van der Waals surface area contributed by atoms with Crippen LogP contribution in [0.2, 0.25) is 0 Å². The molecule has 0 bridgehead atoms. The van der Waals surface area contributed by atoms with Crippen molar-refractivity contribution >= 4 is 17.3 Å². The maximum Gasteiger partial charge on any atom is 0.170 e. The molecule has 5 nitrogen and oxygen atoms in total. The maximum atomic E-state index is 5.83. The van der Waals surface area contributed by atoms with Crippen LogP contribution < -0.4 is 5.32 Å². The highest BCUT2D eigenvalue weighted by Crippen LogP contribution is 2.43. The number of pyridine rings is 2. The fourth-order valence-electron chi connectivity index (χ4n) is 4.63. The van der Waals surface area contributed by atoms with Gasteiger partial charge in [-0.3, -0.25) is 9.97 Å². The summed E-state index contributed by atoms with van der Waals surface area (Å²) < 4.78 is 2.25. The zero-order valence-corrected chi connectivity index (χ0v) is 16.4. The predicted molar refractivity (Wildman–Crippen MR) is 113 cm³/mol. The molecule has 3 aromatic heterocycles. The molecule has 2 atom stereocenters. The maximum absolute atomic E-state index is 5.83. The predicted octanol–water partition coefficient (Wildman–Crippen LogP) is 4.18. The van der Waals surface area contributed by atoms with Gasteiger partial charge in [-0.2, -0.15) is 0 Å². The summed E-state index contributed by atoms with van der Waals surface area (Å²) in [4.78, 5) is 11.3. The summed E-state index contributed by atoms with van der Waals surface area (Å²) in [6.45, 7) is 0. The molecule has 1 aliphatic heterocycles. The zero-order valence-electron chi connectivity index (χ0n) is 15.6. The van der Waals surface area contributed by atoms with Crippen LogP contribution in [0.3, 0.4) is 0 Å². The first-order valence-electron chi connectivity index (χ1n) is 9.90. The van der Waals surface area contributed by atoms with Crippen molar-refractivity contribution in [2.24, 2.45) is 0 Å². The van der Waals surface area contributed by atoms with Gasteiger partial charge in [0.15, 0.2) is 5.11 Å². The third-order valence-electron chi connectivity index (χ3n) is 5.88. The van der Waals surface area contributed by atoms with Crippen LogP contribution in [0, 0.1) is 0 Å². The second-order valence-corrected chi connectivity index (χ2v) is 7.87. The lowest BCUT2D eigenvalue weighted by Gasteiger charge is -2.33. The van der Waals surface area contributed by atoms with Crippen LogP contribution in [0.1, 0.15) is 49.2 Å². The minimum absolute atomic E-state index is 0.0322. The summed E-state index contributed by atoms with van der Waals surface area (Å²) in [5.41, 5.74) is 3.36. The Bertz CT molecular complexity index is 949. The summed E-state index contributed by atoms with van der Waals surface area (Å²) in [5.74, 6) is 0. The molecule has 0 radical (unpaired) electrons. The van der Waals surface area contributed by atoms with Gasteiger partial charge < -0.3 is 14.8 Å². The van der Waals surface area contributed by atoms with Gasteiger partial charge in [0.1, 0.15) is 0 Å². The van der Waals surface area contributed by atoms with Gasteiger partial charge in [0, 0.05) is 42.2 Å². The van der Waals surface area contributed by atoms with E-state index >= 15 is 0 Å². The van der Waals surface area contributed by atoms with E-state index in [0.29, 0.717) is 6.04 Å². The van der Waals surface area contributed by atoms with Gasteiger partial charge in [0.05, 0.1) is 17.8 Å². The standard InChI is InChI=1S/C22H23N5S/c28-22-25-20(18-8-3-4-12-24-18)21(27(22)17-6-1-2-7-17)19-9-5-15-26(19)16-10-13-23-14-11-16/h3-5,8-15,17,20-21H,1-2,6-7H2,(H,25,28)/t20-,21+/m1/s1. The summed E-state index contributed by atoms with van der Waals surface area (Å²) in [6, 6.07) is 15.1. The van der Waals surface area contributed by atoms with Crippen molar-refractivity contribution in [3.63, 3.8) is 0 Å². The van der Waals surface area contributed by atoms with E-state index < -0.39 is 0 Å². The Morgan fingerprint density at radius 1 is 0.964 bits per heavy atom. The van der Waals surface area contributed by atoms with Crippen molar-refractivity contribution in [2.75, 3.05) is 0 Å². The van der Waals surface area contributed by atoms with Crippen LogP contribution in [-0.2, 0) is 0 Å². The third-order valence-corrected chi connectivity index (χ3v) is 6.21. The zero-order chi connectivity index (χ0) is 18.9. The highest BCUT2D eigenvalue weighted by Gasteiger charge is 2.44. The number of thiocarbonyl (C=S) groups is 1. The van der Waals surface area contributed by atoms with Crippen molar-refractivity contribution in [2.45, 2.75) is 43.8 Å². The van der Waals surface area contributed by atoms with Crippen molar-refractivity contribution in [1.82, 2.24) is 24.8 Å². The van der Waals surface area contributed by atoms with Crippen LogP contribution in [0.5, 0.6) is 0 Å². The largest absolute Gasteiger partial charge is 0.352 e. The molecule has 1 N–H and O–H groups in total. The number of rotatable bonds is 4. The van der Waals surface area contributed by atoms with Crippen LogP contribution >= 0.6 is 12.2 Å². The van der Waals surface area contributed by atoms with E-state index in [-0.39, 0.29) is 12.1 Å². The SMILES string of the molecule is S=C1N[C@H](c2ccccn2)[C@H](c2cccn2-c2ccncc2)N1C1CCCC1. The van der Waals surface area contributed by atoms with Gasteiger partial charge in [-0.05, 0) is 61.5 Å². The second-order valence-electron chi connectivity index (χ2n) is 7.48. The number of nitrogens with one attached hydrogen (secondary N) is 1. The highest BCUT2D eigenvalue weighted by atomic mass is 32.1. The van der Waals surface area contributed by atoms with Crippen molar-refractivity contribution in [3.05, 3.63) is 78.6 Å². The molecule has 2 fully saturated rings. The fourth-order valence-corrected chi connectivity index (χ4v) is 5.02. The van der Waals surface area contributed by atoms with Crippen LogP contribution in [0.4, 0.5) is 0 Å². The minimum Gasteiger partial charge on any atom is -0.352 e. The molecule has 6 heteroatoms. The first kappa shape index (κ1) is 17.4. The van der Waals surface area contributed by atoms with Crippen molar-refractivity contribution in [1.29, 1.82) is 0 Å². The molecule has 0 amide bonds. The van der Waals surface area contributed by atoms with Gasteiger partial charge in [-0.25, -0.2) is 0 Å². The molecule has 1 saturated carbocycles. The Labute approximate surface area is 170 Å². The molecule has 2 aliphatic rings. The average Bonchev–Trinajstić information content (AvgIpc) is 3.48. The Morgan fingerprint density at radius 2 is 1.79 bits per heavy atom. The average molecular weight is 390 g/mol. The van der Waals surface area contributed by atoms with Crippen molar-refractivity contribution < 1.29 is 0 Å². The van der Waals surface area contributed by atoms with E-state index in [1.165, 1.54) is 31.4 Å². The van der Waals surface area contributed by atoms with E-state index in [2.05, 4.69) is 49.1 Å². The Kier molecular flexibility index (Phi) is 4.56. The highest BCUT2D eigenvalue weighted by molar-refractivity contribution is 7.80. The van der Waals surface area contributed by atoms with Gasteiger partial charge in [0.2, 0.25) is 0 Å². The summed E-state index contributed by atoms with van der Waals surface area (Å²) in [6.07, 6.45) is 12.6. The van der Waals surface area contributed by atoms with Crippen LogP contribution in [-0.4, -0.2) is 30.6 Å². The lowest BCUT2D eigenvalue weighted by Crippen LogP contribution is -2.38. The molecular weight excluding hydrogens is 366 g/mol. The molecule has 4 heterocycles. The van der Waals surface area contributed by atoms with Gasteiger partial charge in [0.25, 0.3) is 0 Å². The van der Waals surface area contributed by atoms with E-state index in [1.54, 1.807) is 0 Å². The number of hydrogen-bond donors (Lipinski definition) is 1. The minimum atomic E-state index is 0.0322. The normalized spacial score (nSPS) is 22.6. The van der Waals surface area contributed by atoms with E-state index in [1.807, 2.05) is 42.9 Å². The molecule has 0 spiro atoms. The van der Waals surface area contributed by atoms with E-state index in [0.717, 1.165) is 16.5 Å². The monoisotopic (exact) mass is 389 g/mol. The summed E-state index contributed by atoms with van der Waals surface area (Å²) >= 11 is 5.83. The quantitative estimate of drug-likeness (QED) is 0.678. The van der Waals surface area contributed by atoms with E-state index in [9.17, 15) is 0 Å². The third kappa shape index (κ3) is 2.98. The fraction of sp³-hybridized carbons (Fsp3) is 0.318. The number of aromatic nitrogens is 3. The van der Waals surface area contributed by atoms with Crippen LogP contribution in [0.15, 0.2) is 67.3 Å². The molecule has 0 aromatic carbocycles. The summed E-state index contributed by atoms with van der Waals surface area (Å²) in [7, 11) is 0. The molecule has 5 rings (SSSR count). The summed E-state index contributed by atoms with van der Waals surface area (Å²) in [5, 5.41) is 4.43. The lowest BCUT2D eigenvalue weighted by atomic mass is 9.99. The Balaban J connectivity index is 1.62. The topological polar surface area (TPSA) is 46.0 Å². The van der Waals surface area contributed by atoms with E-state index in [4.69, 9.17) is 12.2 Å². The van der Waals surface area contributed by atoms with Gasteiger partial charge in [-0.15, -0.1) is 0 Å². The first-order chi connectivity index (χ1) is 13.8. The van der Waals surface area contributed by atoms with Crippen LogP contribution in [0.25, 0.3) is 5.69 Å². The van der Waals surface area contributed by atoms with Gasteiger partial charge >= 0.3 is 0 Å². The number of hydrogen-bond acceptors (Lipinski definition) is 3. The first-order valence-corrected chi connectivity index (χ1v) is 10.3. The molecular formula is C22H23N5S. The Morgan fingerprint density at radius 3 is 2.54 bits per heavy atom. The molecule has 0 unspecified atom stereocenters. The smallest absolute Gasteiger partial charge is 0.170 e. The van der Waals surface area contributed by atoms with Gasteiger partial charge in [-0.1, -0.05) is 18.9 Å². The van der Waals surface area contributed by atoms with Crippen molar-refractivity contribution in [3.8, 4) is 5.69 Å². The molecule has 28 heavy (non-hydrogen) atoms. The molecule has 3 aromatic rings. The lowest BCUT2D eigenvalue weighted by molar-refractivity contribution is 0.239. The molecule has 1 aliphatic carbocycles. The molecule has 142 valence electrons. The second kappa shape index (κ2) is 7.36.